The van der Waals surface area contributed by atoms with E-state index >= 15 is 0 Å². The highest BCUT2D eigenvalue weighted by Gasteiger charge is 2.31. The molecule has 0 spiro atoms. The highest BCUT2D eigenvalue weighted by atomic mass is 16.9. The van der Waals surface area contributed by atoms with E-state index in [-0.39, 0.29) is 0 Å². The Morgan fingerprint density at radius 2 is 2.33 bits per heavy atom. The summed E-state index contributed by atoms with van der Waals surface area (Å²) in [6.45, 7) is 3.52. The van der Waals surface area contributed by atoms with E-state index in [4.69, 9.17) is 14.2 Å². The molecule has 1 rings (SSSR count). The Morgan fingerprint density at radius 1 is 1.67 bits per heavy atom. The fourth-order valence-corrected chi connectivity index (χ4v) is 0.620. The van der Waals surface area contributed by atoms with Crippen molar-refractivity contribution in [3.63, 3.8) is 0 Å². The van der Waals surface area contributed by atoms with Crippen molar-refractivity contribution in [2.45, 2.75) is 19.8 Å². The summed E-state index contributed by atoms with van der Waals surface area (Å²) < 4.78 is 15.0. The van der Waals surface area contributed by atoms with Crippen molar-refractivity contribution in [2.75, 3.05) is 7.11 Å². The minimum atomic E-state index is -0.885. The van der Waals surface area contributed by atoms with Crippen LogP contribution in [0.3, 0.4) is 0 Å². The van der Waals surface area contributed by atoms with Crippen molar-refractivity contribution in [3.05, 3.63) is 12.0 Å². The fourth-order valence-electron chi connectivity index (χ4n) is 0.620. The van der Waals surface area contributed by atoms with E-state index in [1.807, 2.05) is 6.92 Å². The lowest BCUT2D eigenvalue weighted by Crippen LogP contribution is -2.27. The van der Waals surface area contributed by atoms with E-state index in [0.29, 0.717) is 0 Å². The normalized spacial score (nSPS) is 33.0. The van der Waals surface area contributed by atoms with Crippen molar-refractivity contribution in [1.82, 2.24) is 0 Å². The highest BCUT2D eigenvalue weighted by molar-refractivity contribution is 4.88. The van der Waals surface area contributed by atoms with Gasteiger partial charge in [-0.25, -0.2) is 0 Å². The summed E-state index contributed by atoms with van der Waals surface area (Å²) in [5.74, 6) is -0.149. The Morgan fingerprint density at radius 3 is 2.56 bits per heavy atom. The van der Waals surface area contributed by atoms with E-state index in [1.165, 1.54) is 13.4 Å². The SMILES string of the molecule is COC1(C)OC=C(C)O1. The summed E-state index contributed by atoms with van der Waals surface area (Å²) >= 11 is 0. The average Bonchev–Trinajstić information content (AvgIpc) is 2.13. The minimum absolute atomic E-state index is 0.736. The number of hydrogen-bond donors (Lipinski definition) is 0. The molecule has 1 unspecified atom stereocenters. The van der Waals surface area contributed by atoms with Crippen LogP contribution in [-0.2, 0) is 14.2 Å². The molecule has 0 amide bonds. The molecule has 9 heavy (non-hydrogen) atoms. The number of hydrogen-bond acceptors (Lipinski definition) is 3. The van der Waals surface area contributed by atoms with E-state index in [0.717, 1.165) is 5.76 Å². The standard InChI is InChI=1S/C6H10O3/c1-5-4-8-6(2,7-3)9-5/h4H,1-3H3. The van der Waals surface area contributed by atoms with Crippen LogP contribution in [0, 0.1) is 0 Å². The Hall–Kier alpha value is -0.700. The van der Waals surface area contributed by atoms with Gasteiger partial charge >= 0.3 is 5.97 Å². The molecule has 1 atom stereocenters. The Balaban J connectivity index is 2.53. The predicted octanol–water partition coefficient (Wildman–Crippen LogP) is 1.21. The molecule has 0 saturated heterocycles. The lowest BCUT2D eigenvalue weighted by molar-refractivity contribution is -0.300. The van der Waals surface area contributed by atoms with Gasteiger partial charge in [0.05, 0.1) is 0 Å². The smallest absolute Gasteiger partial charge is 0.367 e. The third-order valence-corrected chi connectivity index (χ3v) is 1.16. The first-order valence-corrected chi connectivity index (χ1v) is 2.75. The van der Waals surface area contributed by atoms with Gasteiger partial charge < -0.3 is 14.2 Å². The molecule has 0 aromatic rings. The maximum absolute atomic E-state index is 5.11. The second-order valence-corrected chi connectivity index (χ2v) is 2.01. The van der Waals surface area contributed by atoms with Crippen LogP contribution in [0.5, 0.6) is 0 Å². The van der Waals surface area contributed by atoms with Crippen LogP contribution >= 0.6 is 0 Å². The first kappa shape index (κ1) is 6.42. The molecule has 0 radical (unpaired) electrons. The largest absolute Gasteiger partial charge is 0.435 e. The van der Waals surface area contributed by atoms with E-state index in [9.17, 15) is 0 Å². The number of ether oxygens (including phenoxy) is 3. The molecule has 0 bridgehead atoms. The van der Waals surface area contributed by atoms with E-state index in [2.05, 4.69) is 0 Å². The van der Waals surface area contributed by atoms with Crippen LogP contribution < -0.4 is 0 Å². The van der Waals surface area contributed by atoms with Crippen LogP contribution in [0.4, 0.5) is 0 Å². The van der Waals surface area contributed by atoms with Crippen LogP contribution in [0.2, 0.25) is 0 Å². The zero-order chi connectivity index (χ0) is 6.91. The lowest BCUT2D eigenvalue weighted by Gasteiger charge is -2.20. The quantitative estimate of drug-likeness (QED) is 0.534. The molecule has 3 nitrogen and oxygen atoms in total. The highest BCUT2D eigenvalue weighted by Crippen LogP contribution is 2.24. The van der Waals surface area contributed by atoms with Gasteiger partial charge in [-0.05, 0) is 6.92 Å². The molecule has 0 aromatic carbocycles. The summed E-state index contributed by atoms with van der Waals surface area (Å²) in [6.07, 6.45) is 1.53. The number of allylic oxidation sites excluding steroid dienone is 1. The zero-order valence-corrected chi connectivity index (χ0v) is 5.80. The maximum Gasteiger partial charge on any atom is 0.367 e. The van der Waals surface area contributed by atoms with E-state index < -0.39 is 5.97 Å². The topological polar surface area (TPSA) is 27.7 Å². The molecule has 1 aliphatic heterocycles. The molecular formula is C6H10O3. The predicted molar refractivity (Wildman–Crippen MR) is 31.3 cm³/mol. The summed E-state index contributed by atoms with van der Waals surface area (Å²) in [7, 11) is 1.53. The van der Waals surface area contributed by atoms with Crippen molar-refractivity contribution in [2.24, 2.45) is 0 Å². The maximum atomic E-state index is 5.11. The van der Waals surface area contributed by atoms with Gasteiger partial charge in [0.25, 0.3) is 0 Å². The second kappa shape index (κ2) is 1.92. The van der Waals surface area contributed by atoms with Gasteiger partial charge in [0.2, 0.25) is 0 Å². The Labute approximate surface area is 54.2 Å². The molecule has 0 fully saturated rings. The fraction of sp³-hybridized carbons (Fsp3) is 0.667. The number of rotatable bonds is 1. The van der Waals surface area contributed by atoms with Crippen molar-refractivity contribution >= 4 is 0 Å². The molecule has 1 aliphatic rings. The van der Waals surface area contributed by atoms with Crippen LogP contribution in [0.15, 0.2) is 12.0 Å². The molecule has 0 N–H and O–H groups in total. The van der Waals surface area contributed by atoms with Crippen LogP contribution in [-0.4, -0.2) is 13.1 Å². The Bertz CT molecular complexity index is 141. The van der Waals surface area contributed by atoms with Crippen molar-refractivity contribution in [3.8, 4) is 0 Å². The number of methoxy groups -OCH3 is 1. The van der Waals surface area contributed by atoms with Crippen LogP contribution in [0.25, 0.3) is 0 Å². The Kier molecular flexibility index (Phi) is 1.37. The molecule has 3 heteroatoms. The third-order valence-electron chi connectivity index (χ3n) is 1.16. The third kappa shape index (κ3) is 1.16. The molecule has 52 valence electrons. The summed E-state index contributed by atoms with van der Waals surface area (Å²) in [4.78, 5) is 0. The molecule has 0 aliphatic carbocycles. The lowest BCUT2D eigenvalue weighted by atomic mass is 10.6. The van der Waals surface area contributed by atoms with Gasteiger partial charge in [-0.2, -0.15) is 0 Å². The summed E-state index contributed by atoms with van der Waals surface area (Å²) in [5.41, 5.74) is 0. The molecule has 0 saturated carbocycles. The van der Waals surface area contributed by atoms with Crippen molar-refractivity contribution in [1.29, 1.82) is 0 Å². The molecule has 0 aromatic heterocycles. The van der Waals surface area contributed by atoms with Gasteiger partial charge in [0.15, 0.2) is 0 Å². The monoisotopic (exact) mass is 130 g/mol. The van der Waals surface area contributed by atoms with Crippen LogP contribution in [0.1, 0.15) is 13.8 Å². The van der Waals surface area contributed by atoms with Gasteiger partial charge in [0, 0.05) is 14.0 Å². The first-order chi connectivity index (χ1) is 4.16. The summed E-state index contributed by atoms with van der Waals surface area (Å²) in [5, 5.41) is 0. The minimum Gasteiger partial charge on any atom is -0.435 e. The average molecular weight is 130 g/mol. The van der Waals surface area contributed by atoms with Gasteiger partial charge in [-0.1, -0.05) is 0 Å². The zero-order valence-electron chi connectivity index (χ0n) is 5.80. The van der Waals surface area contributed by atoms with E-state index in [1.54, 1.807) is 6.92 Å². The van der Waals surface area contributed by atoms with Gasteiger partial charge in [-0.3, -0.25) is 0 Å². The second-order valence-electron chi connectivity index (χ2n) is 2.01. The molecular weight excluding hydrogens is 120 g/mol. The van der Waals surface area contributed by atoms with Gasteiger partial charge in [-0.15, -0.1) is 0 Å². The molecule has 1 heterocycles. The summed E-state index contributed by atoms with van der Waals surface area (Å²) in [6, 6.07) is 0. The first-order valence-electron chi connectivity index (χ1n) is 2.75. The van der Waals surface area contributed by atoms with Crippen molar-refractivity contribution < 1.29 is 14.2 Å². The van der Waals surface area contributed by atoms with Gasteiger partial charge in [0.1, 0.15) is 12.0 Å².